The molecule has 0 aliphatic heterocycles. The Morgan fingerprint density at radius 1 is 0.667 bits per heavy atom. The fourth-order valence-corrected chi connectivity index (χ4v) is 2.47. The summed E-state index contributed by atoms with van der Waals surface area (Å²) in [6.45, 7) is 3.84. The van der Waals surface area contributed by atoms with Crippen molar-refractivity contribution in [1.29, 1.82) is 0 Å². The van der Waals surface area contributed by atoms with Gasteiger partial charge in [-0.05, 0) is 25.0 Å². The lowest BCUT2D eigenvalue weighted by Crippen LogP contribution is -2.41. The van der Waals surface area contributed by atoms with Gasteiger partial charge in [-0.1, -0.05) is 60.7 Å². The number of hydrogen-bond acceptors (Lipinski definition) is 3. The second-order valence-corrected chi connectivity index (χ2v) is 5.46. The first-order valence-corrected chi connectivity index (χ1v) is 7.31. The zero-order valence-electron chi connectivity index (χ0n) is 12.5. The molecule has 4 atom stereocenters. The number of nitrogens with one attached hydrogen (secondary N) is 1. The molecule has 0 saturated carbocycles. The van der Waals surface area contributed by atoms with Gasteiger partial charge in [0, 0.05) is 12.1 Å². The van der Waals surface area contributed by atoms with Crippen molar-refractivity contribution in [3.63, 3.8) is 0 Å². The second kappa shape index (κ2) is 7.36. The summed E-state index contributed by atoms with van der Waals surface area (Å²) < 4.78 is 0. The van der Waals surface area contributed by atoms with Crippen LogP contribution in [0.2, 0.25) is 0 Å². The zero-order valence-corrected chi connectivity index (χ0v) is 12.5. The van der Waals surface area contributed by atoms with Crippen LogP contribution in [0.3, 0.4) is 0 Å². The van der Waals surface area contributed by atoms with Crippen LogP contribution in [0.25, 0.3) is 0 Å². The monoisotopic (exact) mass is 285 g/mol. The third-order valence-electron chi connectivity index (χ3n) is 3.76. The highest BCUT2D eigenvalue weighted by Gasteiger charge is 2.22. The summed E-state index contributed by atoms with van der Waals surface area (Å²) in [6.07, 6.45) is -1.20. The van der Waals surface area contributed by atoms with E-state index in [2.05, 4.69) is 5.32 Å². The average Bonchev–Trinajstić information content (AvgIpc) is 2.55. The minimum atomic E-state index is -0.600. The number of rotatable bonds is 6. The van der Waals surface area contributed by atoms with Crippen molar-refractivity contribution >= 4 is 0 Å². The maximum Gasteiger partial charge on any atom is 0.0940 e. The third-order valence-corrected chi connectivity index (χ3v) is 3.76. The molecule has 0 saturated heterocycles. The lowest BCUT2D eigenvalue weighted by Gasteiger charge is -2.27. The van der Waals surface area contributed by atoms with Gasteiger partial charge in [0.2, 0.25) is 0 Å². The Kier molecular flexibility index (Phi) is 5.51. The molecule has 2 aromatic carbocycles. The van der Waals surface area contributed by atoms with E-state index in [1.165, 1.54) is 0 Å². The van der Waals surface area contributed by atoms with Gasteiger partial charge in [0.1, 0.15) is 0 Å². The molecule has 2 aromatic rings. The molecule has 3 N–H and O–H groups in total. The molecule has 0 unspecified atom stereocenters. The van der Waals surface area contributed by atoms with Crippen molar-refractivity contribution in [3.8, 4) is 0 Å². The lowest BCUT2D eigenvalue weighted by atomic mass is 9.99. The van der Waals surface area contributed by atoms with E-state index in [-0.39, 0.29) is 12.1 Å². The van der Waals surface area contributed by atoms with E-state index in [9.17, 15) is 10.2 Å². The van der Waals surface area contributed by atoms with E-state index < -0.39 is 12.2 Å². The molecule has 0 heterocycles. The third kappa shape index (κ3) is 4.14. The van der Waals surface area contributed by atoms with E-state index >= 15 is 0 Å². The molecule has 0 aliphatic carbocycles. The van der Waals surface area contributed by atoms with E-state index in [1.54, 1.807) is 0 Å². The normalized spacial score (nSPS) is 17.0. The van der Waals surface area contributed by atoms with Crippen LogP contribution in [0.1, 0.15) is 37.2 Å². The molecular formula is C18H23NO2. The first-order valence-electron chi connectivity index (χ1n) is 7.31. The van der Waals surface area contributed by atoms with Gasteiger partial charge in [-0.2, -0.15) is 0 Å². The summed E-state index contributed by atoms with van der Waals surface area (Å²) in [5.41, 5.74) is 1.75. The minimum absolute atomic E-state index is 0.152. The summed E-state index contributed by atoms with van der Waals surface area (Å²) >= 11 is 0. The smallest absolute Gasteiger partial charge is 0.0940 e. The molecule has 0 aliphatic rings. The molecule has 2 rings (SSSR count). The van der Waals surface area contributed by atoms with Gasteiger partial charge < -0.3 is 15.5 Å². The molecule has 3 heteroatoms. The standard InChI is InChI=1S/C18H23NO2/c1-13(17(20)15-9-5-3-6-10-15)19-14(2)18(21)16-11-7-4-8-12-16/h3-14,17-21H,1-2H3/t13-,14+,17-,18+. The van der Waals surface area contributed by atoms with Gasteiger partial charge in [0.15, 0.2) is 0 Å². The molecule has 0 spiro atoms. The van der Waals surface area contributed by atoms with Crippen LogP contribution >= 0.6 is 0 Å². The van der Waals surface area contributed by atoms with E-state index in [0.29, 0.717) is 0 Å². The molecule has 21 heavy (non-hydrogen) atoms. The zero-order chi connectivity index (χ0) is 15.2. The fourth-order valence-electron chi connectivity index (χ4n) is 2.47. The van der Waals surface area contributed by atoms with Crippen molar-refractivity contribution in [2.45, 2.75) is 38.1 Å². The van der Waals surface area contributed by atoms with Gasteiger partial charge in [0.05, 0.1) is 12.2 Å². The highest BCUT2D eigenvalue weighted by atomic mass is 16.3. The molecule has 112 valence electrons. The van der Waals surface area contributed by atoms with E-state index in [0.717, 1.165) is 11.1 Å². The van der Waals surface area contributed by atoms with Crippen molar-refractivity contribution < 1.29 is 10.2 Å². The predicted octanol–water partition coefficient (Wildman–Crippen LogP) is 2.82. The summed E-state index contributed by atoms with van der Waals surface area (Å²) in [6, 6.07) is 18.8. The van der Waals surface area contributed by atoms with E-state index in [1.807, 2.05) is 74.5 Å². The summed E-state index contributed by atoms with van der Waals surface area (Å²) in [5.74, 6) is 0. The van der Waals surface area contributed by atoms with Crippen LogP contribution in [0.15, 0.2) is 60.7 Å². The Morgan fingerprint density at radius 2 is 1.00 bits per heavy atom. The number of aliphatic hydroxyl groups is 2. The van der Waals surface area contributed by atoms with Gasteiger partial charge >= 0.3 is 0 Å². The van der Waals surface area contributed by atoms with Gasteiger partial charge in [-0.25, -0.2) is 0 Å². The number of aliphatic hydroxyl groups excluding tert-OH is 2. The molecule has 0 fully saturated rings. The molecule has 0 aromatic heterocycles. The van der Waals surface area contributed by atoms with Crippen molar-refractivity contribution in [3.05, 3.63) is 71.8 Å². The predicted molar refractivity (Wildman–Crippen MR) is 84.9 cm³/mol. The Labute approximate surface area is 126 Å². The lowest BCUT2D eigenvalue weighted by molar-refractivity contribution is 0.0919. The molecule has 0 bridgehead atoms. The summed E-state index contributed by atoms with van der Waals surface area (Å²) in [7, 11) is 0. The number of benzene rings is 2. The molecular weight excluding hydrogens is 262 g/mol. The minimum Gasteiger partial charge on any atom is -0.387 e. The maximum atomic E-state index is 10.3. The van der Waals surface area contributed by atoms with Gasteiger partial charge in [-0.3, -0.25) is 0 Å². The topological polar surface area (TPSA) is 52.5 Å². The quantitative estimate of drug-likeness (QED) is 0.765. The Hall–Kier alpha value is -1.68. The van der Waals surface area contributed by atoms with Crippen LogP contribution in [0.5, 0.6) is 0 Å². The van der Waals surface area contributed by atoms with Gasteiger partial charge in [-0.15, -0.1) is 0 Å². The highest BCUT2D eigenvalue weighted by Crippen LogP contribution is 2.20. The second-order valence-electron chi connectivity index (χ2n) is 5.46. The van der Waals surface area contributed by atoms with Crippen molar-refractivity contribution in [2.75, 3.05) is 0 Å². The molecule has 0 amide bonds. The van der Waals surface area contributed by atoms with Crippen LogP contribution in [0, 0.1) is 0 Å². The van der Waals surface area contributed by atoms with Crippen LogP contribution in [0.4, 0.5) is 0 Å². The largest absolute Gasteiger partial charge is 0.387 e. The first-order chi connectivity index (χ1) is 10.1. The van der Waals surface area contributed by atoms with Crippen LogP contribution in [-0.2, 0) is 0 Å². The van der Waals surface area contributed by atoms with Crippen LogP contribution in [-0.4, -0.2) is 22.3 Å². The fraction of sp³-hybridized carbons (Fsp3) is 0.333. The summed E-state index contributed by atoms with van der Waals surface area (Å²) in [4.78, 5) is 0. The Balaban J connectivity index is 1.97. The SMILES string of the molecule is C[C@H](N[C@H](C)[C@@H](O)c1ccccc1)[C@H](O)c1ccccc1. The molecule has 0 radical (unpaired) electrons. The Morgan fingerprint density at radius 3 is 1.33 bits per heavy atom. The molecule has 3 nitrogen and oxygen atoms in total. The number of hydrogen-bond donors (Lipinski definition) is 3. The first kappa shape index (κ1) is 15.7. The summed E-state index contributed by atoms with van der Waals surface area (Å²) in [5, 5.41) is 24.0. The van der Waals surface area contributed by atoms with Crippen molar-refractivity contribution in [1.82, 2.24) is 5.32 Å². The maximum absolute atomic E-state index is 10.3. The van der Waals surface area contributed by atoms with Crippen LogP contribution < -0.4 is 5.32 Å². The van der Waals surface area contributed by atoms with Gasteiger partial charge in [0.25, 0.3) is 0 Å². The highest BCUT2D eigenvalue weighted by molar-refractivity contribution is 5.20. The van der Waals surface area contributed by atoms with Crippen molar-refractivity contribution in [2.24, 2.45) is 0 Å². The average molecular weight is 285 g/mol. The Bertz CT molecular complexity index is 480. The van der Waals surface area contributed by atoms with E-state index in [4.69, 9.17) is 0 Å².